The molecular weight excluding hydrogens is 1160 g/mol. The number of hydrogen-bond acceptors (Lipinski definition) is 21. The highest BCUT2D eigenvalue weighted by Crippen LogP contribution is 2.53. The van der Waals surface area contributed by atoms with E-state index in [0.717, 1.165) is 6.92 Å². The van der Waals surface area contributed by atoms with Gasteiger partial charge < -0.3 is 106 Å². The van der Waals surface area contributed by atoms with Gasteiger partial charge in [-0.2, -0.15) is 0 Å². The summed E-state index contributed by atoms with van der Waals surface area (Å²) in [6, 6.07) is -6.87. The summed E-state index contributed by atoms with van der Waals surface area (Å²) in [7, 11) is -3.90. The third kappa shape index (κ3) is 25.1. The Kier molecular flexibility index (Phi) is 31.3. The van der Waals surface area contributed by atoms with Crippen molar-refractivity contribution >= 4 is 72.6 Å². The Balaban J connectivity index is 2.06. The second-order valence-corrected chi connectivity index (χ2v) is 24.8. The first kappa shape index (κ1) is 74.5. The van der Waals surface area contributed by atoms with Crippen LogP contribution in [0, 0.1) is 11.3 Å². The second-order valence-electron chi connectivity index (χ2n) is 22.8. The second kappa shape index (κ2) is 36.5. The van der Waals surface area contributed by atoms with Crippen LogP contribution in [0.15, 0.2) is 30.3 Å². The number of hydrogen-bond donors (Lipinski definition) is 18. The Morgan fingerprint density at radius 1 is 0.609 bits per heavy atom. The Morgan fingerprint density at radius 2 is 1.08 bits per heavy atom. The number of rotatable bonds is 25. The maximum atomic E-state index is 14.6. The average molecular weight is 1250 g/mol. The normalized spacial score (nSPS) is 24.5. The van der Waals surface area contributed by atoms with E-state index in [-0.39, 0.29) is 96.8 Å². The zero-order valence-corrected chi connectivity index (χ0v) is 51.3. The van der Waals surface area contributed by atoms with Crippen LogP contribution in [0.5, 0.6) is 0 Å². The fourth-order valence-corrected chi connectivity index (χ4v) is 10.8. The third-order valence-electron chi connectivity index (χ3n) is 13.8. The van der Waals surface area contributed by atoms with Gasteiger partial charge in [-0.1, -0.05) is 58.0 Å². The summed E-state index contributed by atoms with van der Waals surface area (Å²) in [5.74, 6) is -10.9. The van der Waals surface area contributed by atoms with Crippen molar-refractivity contribution in [1.82, 2.24) is 58.5 Å². The quantitative estimate of drug-likeness (QED) is 0.0405. The Bertz CT molecular complexity index is 2530. The lowest BCUT2D eigenvalue weighted by molar-refractivity contribution is -0.137. The van der Waals surface area contributed by atoms with Gasteiger partial charge in [0.05, 0.1) is 25.4 Å². The SMILES string of the molecule is CC(C)C[C@@H]1NC(=O)[C@@H](Cc2ccccc2)NC(=O)[C@H](CCN)NC(=O)[C@@H](NC(=O)[C@H](CCN)NC(=O)[C@@H](NC(=O)[C@H](CCN)NC(=O)CP2(=O)OCC(C)(C)CO2)C(C)O)CCNC(=O)[C@H](C(C)O)NC(=O)[C@H](CCN)NC(=O)[C@H](CCN)NC1=O. The van der Waals surface area contributed by atoms with E-state index in [1.807, 2.05) is 0 Å². The molecule has 11 amide bonds. The van der Waals surface area contributed by atoms with Gasteiger partial charge in [0, 0.05) is 18.4 Å². The Morgan fingerprint density at radius 3 is 1.57 bits per heavy atom. The number of nitrogens with two attached hydrogens (primary N) is 5. The molecule has 32 nitrogen and oxygen atoms in total. The number of carbonyl (C=O) groups excluding carboxylic acids is 11. The van der Waals surface area contributed by atoms with Crippen molar-refractivity contribution in [3.05, 3.63) is 35.9 Å². The van der Waals surface area contributed by atoms with E-state index >= 15 is 0 Å². The molecule has 490 valence electrons. The van der Waals surface area contributed by atoms with Crippen LogP contribution < -0.4 is 87.2 Å². The Labute approximate surface area is 506 Å². The minimum atomic E-state index is -3.90. The minimum Gasteiger partial charge on any atom is -0.391 e. The molecule has 1 aromatic carbocycles. The van der Waals surface area contributed by atoms with Gasteiger partial charge in [-0.25, -0.2) is 0 Å². The lowest BCUT2D eigenvalue weighted by Gasteiger charge is -2.33. The molecule has 2 saturated heterocycles. The summed E-state index contributed by atoms with van der Waals surface area (Å²) in [5.41, 5.74) is 29.4. The topological polar surface area (TPSA) is 526 Å². The van der Waals surface area contributed by atoms with Crippen molar-refractivity contribution in [2.45, 2.75) is 166 Å². The van der Waals surface area contributed by atoms with E-state index in [9.17, 15) is 67.5 Å². The first-order valence-electron chi connectivity index (χ1n) is 29.1. The van der Waals surface area contributed by atoms with Crippen LogP contribution in [-0.2, 0) is 72.8 Å². The van der Waals surface area contributed by atoms with E-state index in [1.54, 1.807) is 58.0 Å². The minimum absolute atomic E-state index is 0.0313. The standard InChI is InChI=1S/C54H93N16O16P/c1-29(2)24-39-50(80)64-34(13-19-56)44(74)63-37(16-22-59)49(79)69-42(30(3)71)52(82)60-23-17-38(47(77)62-35(14-20-57)46(76)68-40(51(81)67-39)25-32-10-8-7-9-11-32)65-45(75)36(15-21-58)66-53(83)43(31(4)72)70-48(78)33(12-18-55)61-41(73)26-87(84)85-27-54(5,6)28-86-87/h7-11,29-31,33-40,42-43,71-72H,12-28,55-59H2,1-6H3,(H,60,82)(H,61,73)(H,62,77)(H,63,74)(H,64,80)(H,65,75)(H,66,83)(H,67,81)(H,68,76)(H,69,79)(H,70,78)/t30?,31?,33-,34-,35-,36-,37-,38-,39-,40+,42-,43-/m0/s1. The van der Waals surface area contributed by atoms with Gasteiger partial charge in [-0.15, -0.1) is 0 Å². The molecule has 0 aliphatic carbocycles. The number of benzene rings is 1. The molecule has 2 aliphatic rings. The lowest BCUT2D eigenvalue weighted by atomic mass is 9.97. The first-order chi connectivity index (χ1) is 41.0. The molecule has 23 N–H and O–H groups in total. The molecule has 0 bridgehead atoms. The summed E-state index contributed by atoms with van der Waals surface area (Å²) in [6.45, 7) is 8.14. The van der Waals surface area contributed by atoms with Gasteiger partial charge in [0.25, 0.3) is 0 Å². The summed E-state index contributed by atoms with van der Waals surface area (Å²) < 4.78 is 23.9. The number of aliphatic hydroxyl groups is 2. The number of nitrogens with one attached hydrogen (secondary N) is 11. The molecule has 2 fully saturated rings. The molecule has 12 atom stereocenters. The third-order valence-corrected chi connectivity index (χ3v) is 15.6. The van der Waals surface area contributed by atoms with E-state index < -0.39 is 170 Å². The predicted molar refractivity (Wildman–Crippen MR) is 316 cm³/mol. The molecule has 1 aromatic rings. The number of aliphatic hydroxyl groups excluding tert-OH is 2. The smallest absolute Gasteiger partial charge is 0.340 e. The lowest BCUT2D eigenvalue weighted by Crippen LogP contribution is -2.62. The molecule has 0 radical (unpaired) electrons. The first-order valence-corrected chi connectivity index (χ1v) is 30.8. The van der Waals surface area contributed by atoms with Gasteiger partial charge in [-0.05, 0) is 103 Å². The maximum absolute atomic E-state index is 14.6. The number of amides is 11. The van der Waals surface area contributed by atoms with Gasteiger partial charge in [0.15, 0.2) is 0 Å². The van der Waals surface area contributed by atoms with Gasteiger partial charge in [0.1, 0.15) is 66.6 Å². The highest BCUT2D eigenvalue weighted by molar-refractivity contribution is 7.54. The van der Waals surface area contributed by atoms with Crippen molar-refractivity contribution < 1.29 is 76.6 Å². The highest BCUT2D eigenvalue weighted by atomic mass is 31.2. The van der Waals surface area contributed by atoms with E-state index in [1.165, 1.54) is 6.92 Å². The van der Waals surface area contributed by atoms with Crippen LogP contribution in [0.3, 0.4) is 0 Å². The van der Waals surface area contributed by atoms with Crippen molar-refractivity contribution in [2.24, 2.45) is 40.0 Å². The number of carbonyl (C=O) groups is 11. The molecule has 0 saturated carbocycles. The van der Waals surface area contributed by atoms with Crippen LogP contribution in [0.1, 0.15) is 92.1 Å². The van der Waals surface area contributed by atoms with Crippen molar-refractivity contribution in [3.63, 3.8) is 0 Å². The molecule has 87 heavy (non-hydrogen) atoms. The Hall–Kier alpha value is -6.74. The van der Waals surface area contributed by atoms with Crippen LogP contribution in [0.4, 0.5) is 0 Å². The van der Waals surface area contributed by atoms with Crippen LogP contribution >= 0.6 is 7.60 Å². The summed E-state index contributed by atoms with van der Waals surface area (Å²) in [5, 5.41) is 49.2. The zero-order valence-electron chi connectivity index (χ0n) is 50.4. The fraction of sp³-hybridized carbons (Fsp3) is 0.685. The molecule has 0 aromatic heterocycles. The van der Waals surface area contributed by atoms with E-state index in [0.29, 0.717) is 5.56 Å². The molecular formula is C54H93N16O16P. The van der Waals surface area contributed by atoms with E-state index in [4.69, 9.17) is 37.7 Å². The molecule has 0 spiro atoms. The van der Waals surface area contributed by atoms with Crippen LogP contribution in [-0.4, -0.2) is 206 Å². The van der Waals surface area contributed by atoms with Crippen LogP contribution in [0.2, 0.25) is 0 Å². The van der Waals surface area contributed by atoms with Gasteiger partial charge in [0.2, 0.25) is 65.0 Å². The molecule has 3 rings (SSSR count). The van der Waals surface area contributed by atoms with Crippen LogP contribution in [0.25, 0.3) is 0 Å². The van der Waals surface area contributed by atoms with Gasteiger partial charge in [-0.3, -0.25) is 57.3 Å². The summed E-state index contributed by atoms with van der Waals surface area (Å²) >= 11 is 0. The molecule has 33 heteroatoms. The molecule has 2 heterocycles. The molecule has 2 unspecified atom stereocenters. The highest BCUT2D eigenvalue weighted by Gasteiger charge is 2.41. The summed E-state index contributed by atoms with van der Waals surface area (Å²) in [6.07, 6.45) is -5.70. The fourth-order valence-electron chi connectivity index (χ4n) is 9.00. The van der Waals surface area contributed by atoms with Gasteiger partial charge >= 0.3 is 7.60 Å². The molecule has 2 aliphatic heterocycles. The van der Waals surface area contributed by atoms with Crippen molar-refractivity contribution in [1.29, 1.82) is 0 Å². The largest absolute Gasteiger partial charge is 0.391 e. The van der Waals surface area contributed by atoms with E-state index in [2.05, 4.69) is 58.5 Å². The van der Waals surface area contributed by atoms with Crippen molar-refractivity contribution in [3.8, 4) is 0 Å². The predicted octanol–water partition coefficient (Wildman–Crippen LogP) is -6.59. The monoisotopic (exact) mass is 1250 g/mol. The van der Waals surface area contributed by atoms with Crippen molar-refractivity contribution in [2.75, 3.05) is 58.6 Å². The summed E-state index contributed by atoms with van der Waals surface area (Å²) in [4.78, 5) is 154. The average Bonchev–Trinajstić information content (AvgIpc) is 3.46. The maximum Gasteiger partial charge on any atom is 0.340 e. The zero-order chi connectivity index (χ0) is 65.2.